The Morgan fingerprint density at radius 2 is 1.92 bits per heavy atom. The molecule has 1 aliphatic rings. The predicted octanol–water partition coefficient (Wildman–Crippen LogP) is 6.03. The van der Waals surface area contributed by atoms with Crippen LogP contribution in [-0.2, 0) is 16.2 Å². The molecule has 0 saturated carbocycles. The van der Waals surface area contributed by atoms with Crippen molar-refractivity contribution in [1.29, 1.82) is 0 Å². The minimum Gasteiger partial charge on any atom is -0.493 e. The second-order valence-electron chi connectivity index (χ2n) is 8.36. The molecule has 2 N–H and O–H groups in total. The van der Waals surface area contributed by atoms with Gasteiger partial charge in [0.15, 0.2) is 11.5 Å². The number of nitrogens with zero attached hydrogens (tertiary/aromatic N) is 1. The third-order valence-electron chi connectivity index (χ3n) is 5.52. The van der Waals surface area contributed by atoms with E-state index in [0.717, 1.165) is 16.0 Å². The Balaban J connectivity index is 1.47. The van der Waals surface area contributed by atoms with E-state index in [1.54, 1.807) is 48.5 Å². The highest BCUT2D eigenvalue weighted by Crippen LogP contribution is 2.36. The molecule has 0 unspecified atom stereocenters. The molecular weight excluding hydrogens is 644 g/mol. The number of rotatable bonds is 8. The zero-order valence-electron chi connectivity index (χ0n) is 20.3. The van der Waals surface area contributed by atoms with Crippen molar-refractivity contribution < 1.29 is 23.9 Å². The first-order valence-electron chi connectivity index (χ1n) is 11.3. The lowest BCUT2D eigenvalue weighted by Crippen LogP contribution is -2.38. The molecule has 0 aliphatic carbocycles. The summed E-state index contributed by atoms with van der Waals surface area (Å²) in [4.78, 5) is 38.7. The van der Waals surface area contributed by atoms with Crippen LogP contribution in [0.2, 0.25) is 10.0 Å². The topological polar surface area (TPSA) is 97.0 Å². The highest BCUT2D eigenvalue weighted by atomic mass is 127. The monoisotopic (exact) mass is 665 g/mol. The first-order valence-corrected chi connectivity index (χ1v) is 13.1. The van der Waals surface area contributed by atoms with E-state index in [4.69, 9.17) is 32.7 Å². The fourth-order valence-corrected chi connectivity index (χ4v) is 4.94. The van der Waals surface area contributed by atoms with E-state index in [9.17, 15) is 14.4 Å². The number of carbonyl (C=O) groups excluding carboxylic acids is 3. The van der Waals surface area contributed by atoms with Crippen molar-refractivity contribution in [1.82, 2.24) is 10.2 Å². The molecule has 1 fully saturated rings. The molecule has 4 amide bonds. The van der Waals surface area contributed by atoms with Crippen molar-refractivity contribution in [3.05, 3.63) is 90.6 Å². The molecule has 1 aliphatic heterocycles. The van der Waals surface area contributed by atoms with Gasteiger partial charge in [-0.3, -0.25) is 9.59 Å². The van der Waals surface area contributed by atoms with Gasteiger partial charge in [0.1, 0.15) is 18.8 Å². The van der Waals surface area contributed by atoms with Crippen LogP contribution in [0.15, 0.2) is 60.3 Å². The highest BCUT2D eigenvalue weighted by Gasteiger charge is 2.35. The predicted molar refractivity (Wildman–Crippen MR) is 155 cm³/mol. The molecule has 0 bridgehead atoms. The summed E-state index contributed by atoms with van der Waals surface area (Å²) in [5.74, 6) is -0.169. The molecule has 1 saturated heterocycles. The molecule has 0 atom stereocenters. The van der Waals surface area contributed by atoms with Crippen LogP contribution in [0, 0.1) is 10.5 Å². The zero-order chi connectivity index (χ0) is 27.4. The SMILES string of the molecule is COc1cc(/C=C2/NC(=O)N(CC(=O)Nc3cccc(C)c3)C2=O)cc(I)c1OCc1ccc(Cl)cc1Cl. The smallest absolute Gasteiger partial charge is 0.329 e. The Morgan fingerprint density at radius 1 is 1.13 bits per heavy atom. The molecule has 4 rings (SSSR count). The largest absolute Gasteiger partial charge is 0.493 e. The van der Waals surface area contributed by atoms with Gasteiger partial charge in [0.2, 0.25) is 5.91 Å². The number of hydrogen-bond donors (Lipinski definition) is 2. The number of halogens is 3. The van der Waals surface area contributed by atoms with E-state index < -0.39 is 24.4 Å². The van der Waals surface area contributed by atoms with Crippen LogP contribution in [0.1, 0.15) is 16.7 Å². The van der Waals surface area contributed by atoms with Gasteiger partial charge in [0.25, 0.3) is 5.91 Å². The van der Waals surface area contributed by atoms with Gasteiger partial charge in [-0.05, 0) is 83.1 Å². The summed E-state index contributed by atoms with van der Waals surface area (Å²) in [6, 6.07) is 15.2. The Morgan fingerprint density at radius 3 is 2.63 bits per heavy atom. The first kappa shape index (κ1) is 27.7. The number of ether oxygens (including phenoxy) is 2. The van der Waals surface area contributed by atoms with Gasteiger partial charge in [0.05, 0.1) is 10.7 Å². The Kier molecular flexibility index (Phi) is 8.80. The number of hydrogen-bond acceptors (Lipinski definition) is 5. The lowest BCUT2D eigenvalue weighted by atomic mass is 10.1. The summed E-state index contributed by atoms with van der Waals surface area (Å²) >= 11 is 14.3. The lowest BCUT2D eigenvalue weighted by molar-refractivity contribution is -0.127. The van der Waals surface area contributed by atoms with Crippen LogP contribution in [0.4, 0.5) is 10.5 Å². The van der Waals surface area contributed by atoms with Gasteiger partial charge < -0.3 is 20.1 Å². The zero-order valence-corrected chi connectivity index (χ0v) is 24.0. The van der Waals surface area contributed by atoms with Crippen molar-refractivity contribution in [3.63, 3.8) is 0 Å². The van der Waals surface area contributed by atoms with Gasteiger partial charge in [-0.15, -0.1) is 0 Å². The lowest BCUT2D eigenvalue weighted by Gasteiger charge is -2.14. The normalized spacial score (nSPS) is 14.0. The molecule has 38 heavy (non-hydrogen) atoms. The van der Waals surface area contributed by atoms with Gasteiger partial charge in [-0.25, -0.2) is 9.69 Å². The van der Waals surface area contributed by atoms with Crippen molar-refractivity contribution >= 4 is 75.4 Å². The fraction of sp³-hybridized carbons (Fsp3) is 0.148. The van der Waals surface area contributed by atoms with E-state index in [1.165, 1.54) is 13.2 Å². The Labute approximate surface area is 243 Å². The molecule has 0 aromatic heterocycles. The average Bonchev–Trinajstić information content (AvgIpc) is 3.11. The standard InChI is InChI=1S/C27H22Cl2IN3O5/c1-15-4-3-5-19(8-15)31-24(34)13-33-26(35)22(32-27(33)36)10-16-9-21(30)25(23(11-16)37-2)38-14-17-6-7-18(28)12-20(17)29/h3-12H,13-14H2,1-2H3,(H,31,34)(H,32,36)/b22-10+. The summed E-state index contributed by atoms with van der Waals surface area (Å²) < 4.78 is 12.2. The van der Waals surface area contributed by atoms with Crippen LogP contribution < -0.4 is 20.1 Å². The molecule has 8 nitrogen and oxygen atoms in total. The molecule has 1 heterocycles. The number of methoxy groups -OCH3 is 1. The summed E-state index contributed by atoms with van der Waals surface area (Å²) in [5, 5.41) is 6.24. The van der Waals surface area contributed by atoms with E-state index >= 15 is 0 Å². The van der Waals surface area contributed by atoms with Crippen LogP contribution in [0.25, 0.3) is 6.08 Å². The number of amides is 4. The number of carbonyl (C=O) groups is 3. The third kappa shape index (κ3) is 6.58. The molecule has 196 valence electrons. The summed E-state index contributed by atoms with van der Waals surface area (Å²) in [5.41, 5.74) is 2.94. The molecular formula is C27H22Cl2IN3O5. The maximum atomic E-state index is 12.9. The summed E-state index contributed by atoms with van der Waals surface area (Å²) in [6.07, 6.45) is 1.52. The second-order valence-corrected chi connectivity index (χ2v) is 10.4. The van der Waals surface area contributed by atoms with E-state index in [2.05, 4.69) is 33.2 Å². The number of aryl methyl sites for hydroxylation is 1. The van der Waals surface area contributed by atoms with E-state index in [1.807, 2.05) is 13.0 Å². The number of urea groups is 1. The van der Waals surface area contributed by atoms with Crippen LogP contribution in [0.5, 0.6) is 11.5 Å². The van der Waals surface area contributed by atoms with Gasteiger partial charge in [0, 0.05) is 21.3 Å². The van der Waals surface area contributed by atoms with Crippen molar-refractivity contribution in [2.45, 2.75) is 13.5 Å². The maximum absolute atomic E-state index is 12.9. The number of imide groups is 1. The Hall–Kier alpha value is -3.28. The van der Waals surface area contributed by atoms with Crippen molar-refractivity contribution in [2.24, 2.45) is 0 Å². The fourth-order valence-electron chi connectivity index (χ4n) is 3.70. The van der Waals surface area contributed by atoms with Crippen LogP contribution in [-0.4, -0.2) is 36.4 Å². The van der Waals surface area contributed by atoms with Gasteiger partial charge in [-0.2, -0.15) is 0 Å². The Bertz CT molecular complexity index is 1460. The minimum atomic E-state index is -0.679. The highest BCUT2D eigenvalue weighted by molar-refractivity contribution is 14.1. The molecule has 11 heteroatoms. The average molecular weight is 666 g/mol. The van der Waals surface area contributed by atoms with Crippen LogP contribution >= 0.6 is 45.8 Å². The second kappa shape index (κ2) is 12.1. The first-order chi connectivity index (χ1) is 18.1. The molecule has 0 spiro atoms. The molecule has 3 aromatic carbocycles. The number of nitrogens with one attached hydrogen (secondary N) is 2. The van der Waals surface area contributed by atoms with Crippen molar-refractivity contribution in [2.75, 3.05) is 19.0 Å². The summed E-state index contributed by atoms with van der Waals surface area (Å²) in [7, 11) is 1.50. The number of benzene rings is 3. The van der Waals surface area contributed by atoms with E-state index in [0.29, 0.717) is 36.4 Å². The van der Waals surface area contributed by atoms with Crippen molar-refractivity contribution in [3.8, 4) is 11.5 Å². The maximum Gasteiger partial charge on any atom is 0.329 e. The summed E-state index contributed by atoms with van der Waals surface area (Å²) in [6.45, 7) is 1.67. The minimum absolute atomic E-state index is 0.0397. The van der Waals surface area contributed by atoms with Crippen LogP contribution in [0.3, 0.4) is 0 Å². The molecule has 3 aromatic rings. The van der Waals surface area contributed by atoms with Gasteiger partial charge in [-0.1, -0.05) is 41.4 Å². The number of anilines is 1. The van der Waals surface area contributed by atoms with Gasteiger partial charge >= 0.3 is 6.03 Å². The van der Waals surface area contributed by atoms with E-state index in [-0.39, 0.29) is 12.3 Å². The quantitative estimate of drug-likeness (QED) is 0.174. The molecule has 0 radical (unpaired) electrons. The third-order valence-corrected chi connectivity index (χ3v) is 6.90.